The van der Waals surface area contributed by atoms with Crippen LogP contribution in [-0.4, -0.2) is 146 Å². The van der Waals surface area contributed by atoms with Crippen LogP contribution < -0.4 is 9.47 Å². The van der Waals surface area contributed by atoms with E-state index in [1.54, 1.807) is 39.0 Å². The fourth-order valence-corrected chi connectivity index (χ4v) is 10.6. The lowest BCUT2D eigenvalue weighted by molar-refractivity contribution is -0.302. The first-order valence-corrected chi connectivity index (χ1v) is 24.4. The Balaban J connectivity index is 1.42. The Morgan fingerprint density at radius 3 is 2.15 bits per heavy atom. The number of rotatable bonds is 11. The molecule has 0 spiro atoms. The van der Waals surface area contributed by atoms with Crippen LogP contribution in [0.4, 0.5) is 0 Å². The number of hydrogen-bond donors (Lipinski definition) is 3. The molecule has 1 aromatic rings. The Hall–Kier alpha value is -4.03. The zero-order chi connectivity index (χ0) is 50.0. The van der Waals surface area contributed by atoms with E-state index in [0.717, 1.165) is 10.5 Å². The number of benzene rings is 1. The monoisotopic (exact) mass is 956 g/mol. The second-order valence-corrected chi connectivity index (χ2v) is 19.8. The van der Waals surface area contributed by atoms with Crippen LogP contribution in [0.5, 0.6) is 11.5 Å². The maximum Gasteiger partial charge on any atom is 0.329 e. The summed E-state index contributed by atoms with van der Waals surface area (Å²) in [7, 11) is 6.03. The Morgan fingerprint density at radius 2 is 1.53 bits per heavy atom. The predicted molar refractivity (Wildman–Crippen MR) is 251 cm³/mol. The van der Waals surface area contributed by atoms with Crippen molar-refractivity contribution in [2.75, 3.05) is 41.6 Å². The fraction of sp³-hybridized carbons (Fsp3) is 0.712. The van der Waals surface area contributed by atoms with Gasteiger partial charge in [0.25, 0.3) is 11.7 Å². The number of amides is 1. The highest BCUT2D eigenvalue weighted by molar-refractivity contribution is 6.39. The van der Waals surface area contributed by atoms with Gasteiger partial charge in [-0.15, -0.1) is 0 Å². The summed E-state index contributed by atoms with van der Waals surface area (Å²) >= 11 is 0. The number of carbonyl (C=O) groups is 5. The number of aliphatic hydroxyl groups excluding tert-OH is 2. The standard InChI is InChI=1S/C52H77NO15/c1-11-35-19-29(2)18-30(3)20-45(64-9)48-46(65-10)22-32(5)52(61,68-48)49(58)50(59)53-17-13-12-14-39(53)51(60)67-47(33(6)40(54)27-41(35)55)31(4)21-34-15-16-44(42(56)23-34)66-28-43(57)36-24-37(62-7)26-38(25-36)63-8/h19,21,24-26,30,32-35,39-40,42,44-48,54,56,61H,11-18,20,22-23,27-28H2,1-10H3/b29-19+,31-21?. The molecule has 14 unspecified atom stereocenters. The Bertz CT molecular complexity index is 1960. The van der Waals surface area contributed by atoms with Gasteiger partial charge in [-0.2, -0.15) is 0 Å². The predicted octanol–water partition coefficient (Wildman–Crippen LogP) is 5.74. The third kappa shape index (κ3) is 13.2. The molecule has 1 saturated carbocycles. The summed E-state index contributed by atoms with van der Waals surface area (Å²) in [6.07, 6.45) is 1.92. The lowest BCUT2D eigenvalue weighted by atomic mass is 9.81. The summed E-state index contributed by atoms with van der Waals surface area (Å²) in [6.45, 7) is 10.8. The van der Waals surface area contributed by atoms with Crippen LogP contribution >= 0.6 is 0 Å². The number of allylic oxidation sites excluding steroid dienone is 3. The molecule has 0 aromatic heterocycles. The van der Waals surface area contributed by atoms with Gasteiger partial charge in [0.1, 0.15) is 42.1 Å². The number of methoxy groups -OCH3 is 4. The molecule has 3 fully saturated rings. The van der Waals surface area contributed by atoms with Crippen LogP contribution in [-0.2, 0) is 42.9 Å². The largest absolute Gasteiger partial charge is 0.497 e. The van der Waals surface area contributed by atoms with Gasteiger partial charge in [0.05, 0.1) is 44.7 Å². The van der Waals surface area contributed by atoms with Crippen molar-refractivity contribution in [3.63, 3.8) is 0 Å². The van der Waals surface area contributed by atoms with Gasteiger partial charge in [-0.3, -0.25) is 19.2 Å². The van der Waals surface area contributed by atoms with Crippen molar-refractivity contribution in [3.8, 4) is 11.5 Å². The van der Waals surface area contributed by atoms with Crippen molar-refractivity contribution >= 4 is 29.2 Å². The molecule has 1 aromatic carbocycles. The minimum absolute atomic E-state index is 0.00451. The zero-order valence-corrected chi connectivity index (χ0v) is 41.8. The first-order chi connectivity index (χ1) is 32.3. The second-order valence-electron chi connectivity index (χ2n) is 19.8. The van der Waals surface area contributed by atoms with Gasteiger partial charge >= 0.3 is 5.97 Å². The van der Waals surface area contributed by atoms with E-state index in [1.165, 1.54) is 28.4 Å². The van der Waals surface area contributed by atoms with Gasteiger partial charge in [-0.1, -0.05) is 45.4 Å². The Kier molecular flexibility index (Phi) is 19.9. The molecule has 2 bridgehead atoms. The summed E-state index contributed by atoms with van der Waals surface area (Å²) in [5.74, 6) is -7.49. The lowest BCUT2D eigenvalue weighted by Gasteiger charge is -2.47. The summed E-state index contributed by atoms with van der Waals surface area (Å²) < 4.78 is 40.9. The molecule has 5 rings (SSSR count). The average Bonchev–Trinajstić information content (AvgIpc) is 3.32. The molecule has 3 N–H and O–H groups in total. The van der Waals surface area contributed by atoms with Crippen LogP contribution in [0.15, 0.2) is 41.5 Å². The minimum atomic E-state index is -2.54. The molecule has 14 atom stereocenters. The van der Waals surface area contributed by atoms with Crippen LogP contribution in [0, 0.1) is 29.6 Å². The molecule has 16 heteroatoms. The number of carbonyl (C=O) groups excluding carboxylic acids is 5. The number of fused-ring (bicyclic) bond motifs is 3. The third-order valence-corrected chi connectivity index (χ3v) is 14.7. The summed E-state index contributed by atoms with van der Waals surface area (Å²) in [4.78, 5) is 71.4. The van der Waals surface area contributed by atoms with Gasteiger partial charge in [-0.25, -0.2) is 4.79 Å². The van der Waals surface area contributed by atoms with Gasteiger partial charge in [0, 0.05) is 56.6 Å². The van der Waals surface area contributed by atoms with Crippen molar-refractivity contribution < 1.29 is 72.5 Å². The number of cyclic esters (lactones) is 1. The summed E-state index contributed by atoms with van der Waals surface area (Å²) in [5, 5.41) is 35.2. The molecule has 3 heterocycles. The van der Waals surface area contributed by atoms with E-state index < -0.39 is 90.0 Å². The number of piperidine rings is 1. The topological polar surface area (TPSA) is 214 Å². The Morgan fingerprint density at radius 1 is 0.868 bits per heavy atom. The number of nitrogens with zero attached hydrogens (tertiary/aromatic N) is 1. The molecule has 1 amide bonds. The quantitative estimate of drug-likeness (QED) is 0.104. The maximum atomic E-state index is 14.5. The van der Waals surface area contributed by atoms with Crippen LogP contribution in [0.25, 0.3) is 0 Å². The number of ether oxygens (including phenoxy) is 7. The van der Waals surface area contributed by atoms with E-state index >= 15 is 0 Å². The van der Waals surface area contributed by atoms with Crippen LogP contribution in [0.3, 0.4) is 0 Å². The molecule has 68 heavy (non-hydrogen) atoms. The molecule has 0 radical (unpaired) electrons. The third-order valence-electron chi connectivity index (χ3n) is 14.7. The van der Waals surface area contributed by atoms with Gasteiger partial charge < -0.3 is 53.4 Å². The minimum Gasteiger partial charge on any atom is -0.497 e. The van der Waals surface area contributed by atoms with Gasteiger partial charge in [0.2, 0.25) is 5.79 Å². The van der Waals surface area contributed by atoms with Crippen molar-refractivity contribution in [1.29, 1.82) is 0 Å². The van der Waals surface area contributed by atoms with E-state index in [4.69, 9.17) is 33.2 Å². The summed E-state index contributed by atoms with van der Waals surface area (Å²) in [5.41, 5.74) is 1.88. The van der Waals surface area contributed by atoms with E-state index in [9.17, 15) is 39.3 Å². The normalized spacial score (nSPS) is 36.1. The number of aliphatic hydroxyl groups is 3. The number of esters is 1. The number of hydrogen-bond acceptors (Lipinski definition) is 15. The molecular weight excluding hydrogens is 879 g/mol. The molecule has 380 valence electrons. The summed E-state index contributed by atoms with van der Waals surface area (Å²) in [6, 6.07) is 3.66. The van der Waals surface area contributed by atoms with E-state index in [2.05, 4.69) is 0 Å². The first-order valence-electron chi connectivity index (χ1n) is 24.4. The van der Waals surface area contributed by atoms with Gasteiger partial charge in [0.15, 0.2) is 5.78 Å². The number of Topliss-reactive ketones (excluding diaryl/α,β-unsaturated/α-hetero) is 3. The highest BCUT2D eigenvalue weighted by Gasteiger charge is 2.56. The average molecular weight is 956 g/mol. The molecule has 16 nitrogen and oxygen atoms in total. The SMILES string of the molecule is CCC1/C=C(\C)CC(C)CC(OC)C2OC(O)(C(=O)C(=O)N3CCCCC3C(=O)OC(C(C)=CC3CCC(OCC(=O)c4cc(OC)cc(OC)c4)C(O)C3)C(C)C(O)CC1=O)C(C)CC2OC. The highest BCUT2D eigenvalue weighted by atomic mass is 16.7. The molecule has 3 aliphatic heterocycles. The molecule has 2 saturated heterocycles. The zero-order valence-electron chi connectivity index (χ0n) is 41.8. The van der Waals surface area contributed by atoms with Crippen LogP contribution in [0.1, 0.15) is 123 Å². The van der Waals surface area contributed by atoms with Crippen molar-refractivity contribution in [2.45, 2.75) is 167 Å². The van der Waals surface area contributed by atoms with Crippen molar-refractivity contribution in [2.24, 2.45) is 29.6 Å². The fourth-order valence-electron chi connectivity index (χ4n) is 10.6. The smallest absolute Gasteiger partial charge is 0.329 e. The van der Waals surface area contributed by atoms with E-state index in [0.29, 0.717) is 67.6 Å². The van der Waals surface area contributed by atoms with Crippen molar-refractivity contribution in [1.82, 2.24) is 4.90 Å². The Labute approximate surface area is 402 Å². The van der Waals surface area contributed by atoms with Crippen molar-refractivity contribution in [3.05, 3.63) is 47.1 Å². The molecule has 4 aliphatic rings. The number of ketones is 3. The maximum absolute atomic E-state index is 14.5. The highest BCUT2D eigenvalue weighted by Crippen LogP contribution is 2.39. The van der Waals surface area contributed by atoms with Crippen LogP contribution in [0.2, 0.25) is 0 Å². The molecule has 1 aliphatic carbocycles. The van der Waals surface area contributed by atoms with E-state index in [1.807, 2.05) is 32.9 Å². The first kappa shape index (κ1) is 54.9. The van der Waals surface area contributed by atoms with Gasteiger partial charge in [-0.05, 0) is 108 Å². The lowest BCUT2D eigenvalue weighted by Crippen LogP contribution is -2.64. The van der Waals surface area contributed by atoms with E-state index in [-0.39, 0.29) is 62.2 Å². The second kappa shape index (κ2) is 24.7. The molecular formula is C52H77NO15.